The molecule has 76 valence electrons. The second kappa shape index (κ2) is 5.46. The molecule has 3 heteroatoms. The van der Waals surface area contributed by atoms with Crippen molar-refractivity contribution in [2.24, 2.45) is 5.92 Å². The molecule has 0 aromatic carbocycles. The van der Waals surface area contributed by atoms with Gasteiger partial charge in [0.05, 0.1) is 24.8 Å². The Morgan fingerprint density at radius 2 is 2.43 bits per heavy atom. The van der Waals surface area contributed by atoms with Crippen LogP contribution in [0.4, 0.5) is 0 Å². The van der Waals surface area contributed by atoms with E-state index in [2.05, 4.69) is 17.9 Å². The summed E-state index contributed by atoms with van der Waals surface area (Å²) in [4.78, 5) is 2.20. The van der Waals surface area contributed by atoms with E-state index in [0.29, 0.717) is 0 Å². The lowest BCUT2D eigenvalue weighted by Gasteiger charge is -2.19. The van der Waals surface area contributed by atoms with Crippen molar-refractivity contribution >= 4 is 0 Å². The first-order valence-corrected chi connectivity index (χ1v) is 4.90. The molecule has 1 unspecified atom stereocenters. The van der Waals surface area contributed by atoms with Crippen LogP contribution < -0.4 is 0 Å². The molecular weight excluding hydrogens is 176 g/mol. The van der Waals surface area contributed by atoms with Crippen molar-refractivity contribution in [1.29, 1.82) is 5.26 Å². The minimum atomic E-state index is 0.0740. The third kappa shape index (κ3) is 3.23. The van der Waals surface area contributed by atoms with E-state index in [9.17, 15) is 0 Å². The van der Waals surface area contributed by atoms with Gasteiger partial charge in [0.1, 0.15) is 5.76 Å². The fourth-order valence-electron chi connectivity index (χ4n) is 1.36. The van der Waals surface area contributed by atoms with Gasteiger partial charge in [-0.3, -0.25) is 4.90 Å². The van der Waals surface area contributed by atoms with E-state index in [0.717, 1.165) is 25.4 Å². The molecule has 1 atom stereocenters. The van der Waals surface area contributed by atoms with Gasteiger partial charge in [0.25, 0.3) is 0 Å². The van der Waals surface area contributed by atoms with Gasteiger partial charge in [-0.1, -0.05) is 6.92 Å². The fourth-order valence-corrected chi connectivity index (χ4v) is 1.36. The highest BCUT2D eigenvalue weighted by Crippen LogP contribution is 2.07. The molecule has 0 bridgehead atoms. The van der Waals surface area contributed by atoms with Crippen molar-refractivity contribution in [3.63, 3.8) is 0 Å². The maximum Gasteiger partial charge on any atom is 0.117 e. The van der Waals surface area contributed by atoms with E-state index in [1.165, 1.54) is 0 Å². The van der Waals surface area contributed by atoms with Crippen LogP contribution in [0.5, 0.6) is 0 Å². The maximum absolute atomic E-state index is 8.71. The van der Waals surface area contributed by atoms with Gasteiger partial charge < -0.3 is 4.42 Å². The average molecular weight is 192 g/mol. The summed E-state index contributed by atoms with van der Waals surface area (Å²) in [6, 6.07) is 6.08. The smallest absolute Gasteiger partial charge is 0.117 e. The van der Waals surface area contributed by atoms with E-state index in [1.54, 1.807) is 6.26 Å². The maximum atomic E-state index is 8.71. The average Bonchev–Trinajstić information content (AvgIpc) is 2.69. The summed E-state index contributed by atoms with van der Waals surface area (Å²) in [5.41, 5.74) is 0. The molecule has 1 rings (SSSR count). The van der Waals surface area contributed by atoms with E-state index in [1.807, 2.05) is 19.1 Å². The van der Waals surface area contributed by atoms with E-state index < -0.39 is 0 Å². The molecule has 0 aliphatic rings. The molecule has 0 N–H and O–H groups in total. The molecule has 0 amide bonds. The zero-order chi connectivity index (χ0) is 10.4. The largest absolute Gasteiger partial charge is 0.468 e. The summed E-state index contributed by atoms with van der Waals surface area (Å²) in [7, 11) is 0. The fraction of sp³-hybridized carbons (Fsp3) is 0.545. The lowest BCUT2D eigenvalue weighted by molar-refractivity contribution is 0.239. The Morgan fingerprint density at radius 3 is 2.93 bits per heavy atom. The Bertz CT molecular complexity index is 287. The third-order valence-electron chi connectivity index (χ3n) is 2.16. The SMILES string of the molecule is CCN(Cc1ccco1)CC(C)C#N. The van der Waals surface area contributed by atoms with Crippen LogP contribution in [-0.2, 0) is 6.54 Å². The molecule has 0 aliphatic heterocycles. The van der Waals surface area contributed by atoms with Crippen molar-refractivity contribution in [3.05, 3.63) is 24.2 Å². The predicted octanol–water partition coefficient (Wildman–Crippen LogP) is 2.26. The molecule has 0 radical (unpaired) electrons. The number of hydrogen-bond donors (Lipinski definition) is 0. The van der Waals surface area contributed by atoms with Crippen LogP contribution in [0.3, 0.4) is 0 Å². The summed E-state index contributed by atoms with van der Waals surface area (Å²) in [5.74, 6) is 1.03. The second-order valence-electron chi connectivity index (χ2n) is 3.44. The standard InChI is InChI=1S/C11H16N2O/c1-3-13(8-10(2)7-12)9-11-5-4-6-14-11/h4-6,10H,3,8-9H2,1-2H3. The highest BCUT2D eigenvalue weighted by atomic mass is 16.3. The lowest BCUT2D eigenvalue weighted by Crippen LogP contribution is -2.27. The molecule has 3 nitrogen and oxygen atoms in total. The van der Waals surface area contributed by atoms with Crippen LogP contribution in [0.2, 0.25) is 0 Å². The van der Waals surface area contributed by atoms with Gasteiger partial charge >= 0.3 is 0 Å². The zero-order valence-electron chi connectivity index (χ0n) is 8.73. The first-order valence-electron chi connectivity index (χ1n) is 4.90. The zero-order valence-corrected chi connectivity index (χ0v) is 8.73. The summed E-state index contributed by atoms with van der Waals surface area (Å²) in [6.07, 6.45) is 1.68. The van der Waals surface area contributed by atoms with Crippen molar-refractivity contribution < 1.29 is 4.42 Å². The van der Waals surface area contributed by atoms with Gasteiger partial charge in [0, 0.05) is 6.54 Å². The third-order valence-corrected chi connectivity index (χ3v) is 2.16. The van der Waals surface area contributed by atoms with Gasteiger partial charge in [0.2, 0.25) is 0 Å². The molecule has 1 aromatic rings. The predicted molar refractivity (Wildman–Crippen MR) is 54.4 cm³/mol. The molecule has 1 aromatic heterocycles. The van der Waals surface area contributed by atoms with Crippen molar-refractivity contribution in [2.45, 2.75) is 20.4 Å². The van der Waals surface area contributed by atoms with Crippen molar-refractivity contribution in [1.82, 2.24) is 4.90 Å². The Hall–Kier alpha value is -1.27. The Morgan fingerprint density at radius 1 is 1.64 bits per heavy atom. The van der Waals surface area contributed by atoms with Gasteiger partial charge in [-0.2, -0.15) is 5.26 Å². The Kier molecular flexibility index (Phi) is 4.21. The molecule has 0 saturated carbocycles. The number of nitrogens with zero attached hydrogens (tertiary/aromatic N) is 2. The van der Waals surface area contributed by atoms with Gasteiger partial charge in [0.15, 0.2) is 0 Å². The summed E-state index contributed by atoms with van der Waals surface area (Å²) >= 11 is 0. The minimum Gasteiger partial charge on any atom is -0.468 e. The second-order valence-corrected chi connectivity index (χ2v) is 3.44. The molecule has 0 saturated heterocycles. The summed E-state index contributed by atoms with van der Waals surface area (Å²) in [5, 5.41) is 8.71. The monoisotopic (exact) mass is 192 g/mol. The van der Waals surface area contributed by atoms with Crippen LogP contribution in [0.15, 0.2) is 22.8 Å². The number of hydrogen-bond acceptors (Lipinski definition) is 3. The van der Waals surface area contributed by atoms with Crippen LogP contribution in [0, 0.1) is 17.2 Å². The highest BCUT2D eigenvalue weighted by molar-refractivity contribution is 4.98. The quantitative estimate of drug-likeness (QED) is 0.718. The Balaban J connectivity index is 2.44. The van der Waals surface area contributed by atoms with Crippen molar-refractivity contribution in [2.75, 3.05) is 13.1 Å². The van der Waals surface area contributed by atoms with E-state index in [-0.39, 0.29) is 5.92 Å². The van der Waals surface area contributed by atoms with Crippen LogP contribution >= 0.6 is 0 Å². The molecule has 0 fully saturated rings. The van der Waals surface area contributed by atoms with Gasteiger partial charge in [-0.15, -0.1) is 0 Å². The van der Waals surface area contributed by atoms with Crippen LogP contribution in [-0.4, -0.2) is 18.0 Å². The summed E-state index contributed by atoms with van der Waals surface area (Å²) in [6.45, 7) is 6.55. The first kappa shape index (κ1) is 10.8. The molecule has 0 aliphatic carbocycles. The molecular formula is C11H16N2O. The van der Waals surface area contributed by atoms with Crippen LogP contribution in [0.1, 0.15) is 19.6 Å². The molecule has 1 heterocycles. The van der Waals surface area contributed by atoms with Crippen LogP contribution in [0.25, 0.3) is 0 Å². The van der Waals surface area contributed by atoms with E-state index in [4.69, 9.17) is 9.68 Å². The molecule has 0 spiro atoms. The van der Waals surface area contributed by atoms with E-state index >= 15 is 0 Å². The van der Waals surface area contributed by atoms with Gasteiger partial charge in [-0.05, 0) is 25.6 Å². The molecule has 14 heavy (non-hydrogen) atoms. The number of furan rings is 1. The normalized spacial score (nSPS) is 12.7. The first-order chi connectivity index (χ1) is 6.76. The number of nitriles is 1. The Labute approximate surface area is 84.9 Å². The van der Waals surface area contributed by atoms with Crippen molar-refractivity contribution in [3.8, 4) is 6.07 Å². The minimum absolute atomic E-state index is 0.0740. The topological polar surface area (TPSA) is 40.2 Å². The highest BCUT2D eigenvalue weighted by Gasteiger charge is 2.09. The lowest BCUT2D eigenvalue weighted by atomic mass is 10.2. The van der Waals surface area contributed by atoms with Gasteiger partial charge in [-0.25, -0.2) is 0 Å². The summed E-state index contributed by atoms with van der Waals surface area (Å²) < 4.78 is 5.26. The number of rotatable bonds is 5.